The second kappa shape index (κ2) is 9.40. The van der Waals surface area contributed by atoms with Gasteiger partial charge in [0.25, 0.3) is 0 Å². The molecule has 1 fully saturated rings. The molecule has 3 rings (SSSR count). The highest BCUT2D eigenvalue weighted by Gasteiger charge is 2.33. The molecule has 1 unspecified atom stereocenters. The van der Waals surface area contributed by atoms with Gasteiger partial charge in [-0.25, -0.2) is 8.42 Å². The number of primary amides is 1. The van der Waals surface area contributed by atoms with E-state index in [1.807, 2.05) is 37.8 Å². The SMILES string of the molecule is Cc1cc(C)c(S(=O)(=O)N2CCN(C(C)C(=O)Nc3ccc(C(N)=O)cc3)CC2)c(C)c1. The maximum atomic E-state index is 13.3. The first-order valence-electron chi connectivity index (χ1n) is 10.5. The van der Waals surface area contributed by atoms with Gasteiger partial charge >= 0.3 is 0 Å². The minimum Gasteiger partial charge on any atom is -0.366 e. The van der Waals surface area contributed by atoms with Gasteiger partial charge in [-0.2, -0.15) is 4.31 Å². The lowest BCUT2D eigenvalue weighted by Crippen LogP contribution is -2.54. The molecule has 1 aliphatic rings. The lowest BCUT2D eigenvalue weighted by molar-refractivity contribution is -0.121. The fourth-order valence-electron chi connectivity index (χ4n) is 4.16. The Morgan fingerprint density at radius 2 is 1.50 bits per heavy atom. The van der Waals surface area contributed by atoms with Gasteiger partial charge in [0.1, 0.15) is 0 Å². The third kappa shape index (κ3) is 5.01. The van der Waals surface area contributed by atoms with Crippen LogP contribution in [0, 0.1) is 20.8 Å². The molecule has 1 heterocycles. The van der Waals surface area contributed by atoms with Crippen molar-refractivity contribution < 1.29 is 18.0 Å². The van der Waals surface area contributed by atoms with Gasteiger partial charge in [0.15, 0.2) is 0 Å². The van der Waals surface area contributed by atoms with Crippen molar-refractivity contribution in [2.24, 2.45) is 5.73 Å². The number of amides is 2. The quantitative estimate of drug-likeness (QED) is 0.688. The summed E-state index contributed by atoms with van der Waals surface area (Å²) < 4.78 is 28.0. The van der Waals surface area contributed by atoms with Gasteiger partial charge in [0.2, 0.25) is 21.8 Å². The summed E-state index contributed by atoms with van der Waals surface area (Å²) in [6.45, 7) is 8.95. The van der Waals surface area contributed by atoms with Crippen LogP contribution in [0.4, 0.5) is 5.69 Å². The maximum absolute atomic E-state index is 13.3. The molecular weight excluding hydrogens is 428 g/mol. The zero-order chi connectivity index (χ0) is 23.6. The number of carbonyl (C=O) groups excluding carboxylic acids is 2. The third-order valence-electron chi connectivity index (χ3n) is 5.84. The van der Waals surface area contributed by atoms with Crippen LogP contribution in [0.5, 0.6) is 0 Å². The molecule has 32 heavy (non-hydrogen) atoms. The fraction of sp³-hybridized carbons (Fsp3) is 0.391. The molecule has 2 aromatic carbocycles. The van der Waals surface area contributed by atoms with Crippen molar-refractivity contribution in [3.05, 3.63) is 58.7 Å². The van der Waals surface area contributed by atoms with Crippen molar-refractivity contribution in [1.82, 2.24) is 9.21 Å². The summed E-state index contributed by atoms with van der Waals surface area (Å²) in [7, 11) is -3.60. The number of anilines is 1. The molecule has 0 radical (unpaired) electrons. The van der Waals surface area contributed by atoms with Gasteiger partial charge in [0.05, 0.1) is 10.9 Å². The molecule has 0 aliphatic carbocycles. The first kappa shape index (κ1) is 23.9. The number of carbonyl (C=O) groups is 2. The van der Waals surface area contributed by atoms with Crippen LogP contribution in [0.1, 0.15) is 34.0 Å². The van der Waals surface area contributed by atoms with Crippen molar-refractivity contribution in [3.63, 3.8) is 0 Å². The summed E-state index contributed by atoms with van der Waals surface area (Å²) in [6.07, 6.45) is 0. The molecule has 3 N–H and O–H groups in total. The van der Waals surface area contributed by atoms with Gasteiger partial charge in [0, 0.05) is 37.4 Å². The van der Waals surface area contributed by atoms with E-state index in [0.717, 1.165) is 16.7 Å². The van der Waals surface area contributed by atoms with E-state index in [9.17, 15) is 18.0 Å². The number of aryl methyl sites for hydroxylation is 3. The van der Waals surface area contributed by atoms with Gasteiger partial charge < -0.3 is 11.1 Å². The second-order valence-electron chi connectivity index (χ2n) is 8.27. The molecule has 0 aromatic heterocycles. The van der Waals surface area contributed by atoms with Crippen molar-refractivity contribution in [1.29, 1.82) is 0 Å². The van der Waals surface area contributed by atoms with E-state index in [-0.39, 0.29) is 5.91 Å². The van der Waals surface area contributed by atoms with Crippen LogP contribution >= 0.6 is 0 Å². The zero-order valence-electron chi connectivity index (χ0n) is 18.9. The summed E-state index contributed by atoms with van der Waals surface area (Å²) in [5.41, 5.74) is 8.70. The minimum absolute atomic E-state index is 0.196. The Morgan fingerprint density at radius 1 is 0.969 bits per heavy atom. The highest BCUT2D eigenvalue weighted by molar-refractivity contribution is 7.89. The molecule has 1 saturated heterocycles. The van der Waals surface area contributed by atoms with Gasteiger partial charge in [-0.05, 0) is 63.1 Å². The van der Waals surface area contributed by atoms with E-state index in [1.165, 1.54) is 4.31 Å². The van der Waals surface area contributed by atoms with Crippen LogP contribution in [0.2, 0.25) is 0 Å². The number of nitrogens with two attached hydrogens (primary N) is 1. The molecule has 0 bridgehead atoms. The highest BCUT2D eigenvalue weighted by atomic mass is 32.2. The van der Waals surface area contributed by atoms with E-state index in [4.69, 9.17) is 5.73 Å². The number of hydrogen-bond donors (Lipinski definition) is 2. The van der Waals surface area contributed by atoms with E-state index in [2.05, 4.69) is 5.32 Å². The van der Waals surface area contributed by atoms with E-state index in [1.54, 1.807) is 31.2 Å². The molecule has 1 atom stereocenters. The normalized spacial score (nSPS) is 16.5. The van der Waals surface area contributed by atoms with Crippen molar-refractivity contribution >= 4 is 27.5 Å². The minimum atomic E-state index is -3.60. The predicted molar refractivity (Wildman–Crippen MR) is 124 cm³/mol. The lowest BCUT2D eigenvalue weighted by atomic mass is 10.1. The van der Waals surface area contributed by atoms with Crippen LogP contribution in [-0.2, 0) is 14.8 Å². The predicted octanol–water partition coefficient (Wildman–Crippen LogP) is 2.04. The lowest BCUT2D eigenvalue weighted by Gasteiger charge is -2.37. The molecule has 9 heteroatoms. The Balaban J connectivity index is 1.63. The maximum Gasteiger partial charge on any atom is 0.248 e. The summed E-state index contributed by atoms with van der Waals surface area (Å²) in [6, 6.07) is 9.71. The molecule has 2 amide bonds. The second-order valence-corrected chi connectivity index (χ2v) is 10.1. The Labute approximate surface area is 189 Å². The molecule has 2 aromatic rings. The summed E-state index contributed by atoms with van der Waals surface area (Å²) in [5, 5.41) is 2.83. The molecular formula is C23H30N4O4S. The van der Waals surface area contributed by atoms with Crippen LogP contribution in [0.3, 0.4) is 0 Å². The van der Waals surface area contributed by atoms with Gasteiger partial charge in [-0.3, -0.25) is 14.5 Å². The zero-order valence-corrected chi connectivity index (χ0v) is 19.7. The number of nitrogens with zero attached hydrogens (tertiary/aromatic N) is 2. The Bertz CT molecular complexity index is 1100. The largest absolute Gasteiger partial charge is 0.366 e. The van der Waals surface area contributed by atoms with Gasteiger partial charge in [-0.1, -0.05) is 17.7 Å². The smallest absolute Gasteiger partial charge is 0.248 e. The van der Waals surface area contributed by atoms with E-state index in [0.29, 0.717) is 42.3 Å². The number of rotatable bonds is 6. The van der Waals surface area contributed by atoms with E-state index < -0.39 is 22.0 Å². The number of hydrogen-bond acceptors (Lipinski definition) is 5. The standard InChI is InChI=1S/C23H30N4O4S/c1-15-13-16(2)21(17(3)14-15)32(30,31)27-11-9-26(10-12-27)18(4)23(29)25-20-7-5-19(6-8-20)22(24)28/h5-8,13-14,18H,9-12H2,1-4H3,(H2,24,28)(H,25,29). The number of benzene rings is 2. The first-order chi connectivity index (χ1) is 15.0. The Hall–Kier alpha value is -2.75. The summed E-state index contributed by atoms with van der Waals surface area (Å²) in [5.74, 6) is -0.724. The number of sulfonamides is 1. The Morgan fingerprint density at radius 3 is 2.00 bits per heavy atom. The van der Waals surface area contributed by atoms with E-state index >= 15 is 0 Å². The van der Waals surface area contributed by atoms with Crippen LogP contribution in [0.15, 0.2) is 41.3 Å². The fourth-order valence-corrected chi connectivity index (χ4v) is 6.00. The van der Waals surface area contributed by atoms with Crippen LogP contribution in [0.25, 0.3) is 0 Å². The monoisotopic (exact) mass is 458 g/mol. The molecule has 0 saturated carbocycles. The average Bonchev–Trinajstić information content (AvgIpc) is 2.72. The molecule has 172 valence electrons. The topological polar surface area (TPSA) is 113 Å². The molecule has 1 aliphatic heterocycles. The first-order valence-corrected chi connectivity index (χ1v) is 12.0. The molecule has 0 spiro atoms. The van der Waals surface area contributed by atoms with Crippen molar-refractivity contribution in [3.8, 4) is 0 Å². The Kier molecular flexibility index (Phi) is 7.02. The highest BCUT2D eigenvalue weighted by Crippen LogP contribution is 2.26. The van der Waals surface area contributed by atoms with Crippen molar-refractivity contribution in [2.45, 2.75) is 38.6 Å². The molecule has 8 nitrogen and oxygen atoms in total. The van der Waals surface area contributed by atoms with Crippen molar-refractivity contribution in [2.75, 3.05) is 31.5 Å². The summed E-state index contributed by atoms with van der Waals surface area (Å²) in [4.78, 5) is 26.2. The third-order valence-corrected chi connectivity index (χ3v) is 8.04. The summed E-state index contributed by atoms with van der Waals surface area (Å²) >= 11 is 0. The van der Waals surface area contributed by atoms with Gasteiger partial charge in [-0.15, -0.1) is 0 Å². The van der Waals surface area contributed by atoms with Crippen LogP contribution < -0.4 is 11.1 Å². The number of piperazine rings is 1. The number of nitrogens with one attached hydrogen (secondary N) is 1. The average molecular weight is 459 g/mol. The van der Waals surface area contributed by atoms with Crippen LogP contribution in [-0.4, -0.2) is 61.7 Å².